The van der Waals surface area contributed by atoms with Gasteiger partial charge in [-0.2, -0.15) is 0 Å². The lowest BCUT2D eigenvalue weighted by Gasteiger charge is -2.21. The first-order valence-electron chi connectivity index (χ1n) is 9.62. The van der Waals surface area contributed by atoms with E-state index < -0.39 is 0 Å². The molecule has 0 radical (unpaired) electrons. The molecule has 2 aliphatic carbocycles. The number of aromatic nitrogens is 3. The molecule has 0 bridgehead atoms. The van der Waals surface area contributed by atoms with Crippen LogP contribution in [-0.2, 0) is 0 Å². The Morgan fingerprint density at radius 2 is 2.00 bits per heavy atom. The Bertz CT molecular complexity index is 847. The van der Waals surface area contributed by atoms with Crippen LogP contribution in [0.2, 0.25) is 5.02 Å². The summed E-state index contributed by atoms with van der Waals surface area (Å²) in [5.41, 5.74) is 2.48. The van der Waals surface area contributed by atoms with Gasteiger partial charge in [-0.15, -0.1) is 5.10 Å². The van der Waals surface area contributed by atoms with Crippen molar-refractivity contribution in [2.24, 2.45) is 17.8 Å². The molecule has 27 heavy (non-hydrogen) atoms. The van der Waals surface area contributed by atoms with Crippen molar-refractivity contribution in [1.82, 2.24) is 20.3 Å². The molecule has 5 atom stereocenters. The molecular formula is C21H25ClN4O. The molecule has 6 heteroatoms. The molecular weight excluding hydrogens is 360 g/mol. The van der Waals surface area contributed by atoms with E-state index in [9.17, 15) is 4.79 Å². The van der Waals surface area contributed by atoms with Gasteiger partial charge in [0.2, 0.25) is 0 Å². The van der Waals surface area contributed by atoms with Crippen LogP contribution in [0.15, 0.2) is 37.0 Å². The van der Waals surface area contributed by atoms with Gasteiger partial charge in [-0.3, -0.25) is 4.79 Å². The van der Waals surface area contributed by atoms with E-state index in [-0.39, 0.29) is 11.9 Å². The molecule has 2 saturated carbocycles. The molecule has 1 aromatic heterocycles. The molecule has 1 amide bonds. The summed E-state index contributed by atoms with van der Waals surface area (Å²) in [6.07, 6.45) is 5.18. The molecule has 142 valence electrons. The predicted molar refractivity (Wildman–Crippen MR) is 106 cm³/mol. The molecule has 2 aliphatic rings. The topological polar surface area (TPSA) is 59.8 Å². The largest absolute Gasteiger partial charge is 0.349 e. The van der Waals surface area contributed by atoms with Gasteiger partial charge in [0.15, 0.2) is 0 Å². The van der Waals surface area contributed by atoms with Gasteiger partial charge in [-0.05, 0) is 73.8 Å². The third-order valence-corrected chi connectivity index (χ3v) is 6.39. The van der Waals surface area contributed by atoms with Gasteiger partial charge in [0.1, 0.15) is 5.69 Å². The quantitative estimate of drug-likeness (QED) is 0.804. The fourth-order valence-corrected chi connectivity index (χ4v) is 4.78. The van der Waals surface area contributed by atoms with Crippen LogP contribution in [0.25, 0.3) is 5.57 Å². The van der Waals surface area contributed by atoms with Crippen molar-refractivity contribution in [3.8, 4) is 0 Å². The number of rotatable bonds is 6. The maximum absolute atomic E-state index is 12.5. The molecule has 0 spiro atoms. The summed E-state index contributed by atoms with van der Waals surface area (Å²) < 4.78 is 2.00. The van der Waals surface area contributed by atoms with Gasteiger partial charge in [0, 0.05) is 16.6 Å². The predicted octanol–water partition coefficient (Wildman–Crippen LogP) is 4.37. The van der Waals surface area contributed by atoms with Crippen molar-refractivity contribution >= 4 is 23.1 Å². The zero-order chi connectivity index (χ0) is 19.1. The van der Waals surface area contributed by atoms with E-state index in [1.54, 1.807) is 24.3 Å². The van der Waals surface area contributed by atoms with Crippen LogP contribution in [0.1, 0.15) is 55.2 Å². The minimum absolute atomic E-state index is 0.0117. The lowest BCUT2D eigenvalue weighted by molar-refractivity contribution is 0.0926. The molecule has 0 aliphatic heterocycles. The third-order valence-electron chi connectivity index (χ3n) is 6.14. The van der Waals surface area contributed by atoms with E-state index in [4.69, 9.17) is 11.6 Å². The molecule has 4 unspecified atom stereocenters. The van der Waals surface area contributed by atoms with Crippen LogP contribution < -0.4 is 5.32 Å². The van der Waals surface area contributed by atoms with Crippen LogP contribution in [0, 0.1) is 17.8 Å². The van der Waals surface area contributed by atoms with Crippen LogP contribution in [-0.4, -0.2) is 26.9 Å². The molecule has 5 nitrogen and oxygen atoms in total. The highest BCUT2D eigenvalue weighted by atomic mass is 35.5. The first-order valence-corrected chi connectivity index (χ1v) is 10.00. The Hall–Kier alpha value is -2.14. The number of hydrogen-bond acceptors (Lipinski definition) is 3. The Morgan fingerprint density at radius 3 is 2.56 bits per heavy atom. The SMILES string of the molecule is C=C(C)c1cn(C2CC3C(C(CC)NC(=O)c4ccc(Cl)cc4)[C@H]3C2)nn1. The van der Waals surface area contributed by atoms with Crippen LogP contribution in [0.3, 0.4) is 0 Å². The number of carbonyl (C=O) groups excluding carboxylic acids is 1. The molecule has 2 aromatic rings. The summed E-state index contributed by atoms with van der Waals surface area (Å²) in [4.78, 5) is 12.5. The molecule has 1 heterocycles. The van der Waals surface area contributed by atoms with Gasteiger partial charge < -0.3 is 5.32 Å². The summed E-state index contributed by atoms with van der Waals surface area (Å²) in [5.74, 6) is 1.90. The lowest BCUT2D eigenvalue weighted by Crippen LogP contribution is -2.37. The van der Waals surface area contributed by atoms with E-state index in [1.807, 2.05) is 17.8 Å². The number of nitrogens with one attached hydrogen (secondary N) is 1. The molecule has 0 saturated heterocycles. The number of hydrogen-bond donors (Lipinski definition) is 1. The minimum atomic E-state index is -0.0117. The van der Waals surface area contributed by atoms with Crippen LogP contribution >= 0.6 is 11.6 Å². The Balaban J connectivity index is 1.36. The lowest BCUT2D eigenvalue weighted by atomic mass is 9.99. The average Bonchev–Trinajstić information content (AvgIpc) is 3.05. The second-order valence-electron chi connectivity index (χ2n) is 7.89. The molecule has 4 rings (SSSR count). The van der Waals surface area contributed by atoms with Crippen molar-refractivity contribution in [3.05, 3.63) is 53.3 Å². The Labute approximate surface area is 164 Å². The normalized spacial score (nSPS) is 27.1. The van der Waals surface area contributed by atoms with Crippen molar-refractivity contribution in [2.75, 3.05) is 0 Å². The van der Waals surface area contributed by atoms with Crippen molar-refractivity contribution in [3.63, 3.8) is 0 Å². The Kier molecular flexibility index (Phi) is 4.81. The summed E-state index contributed by atoms with van der Waals surface area (Å²) in [5, 5.41) is 12.4. The number of carbonyl (C=O) groups is 1. The summed E-state index contributed by atoms with van der Waals surface area (Å²) in [6.45, 7) is 8.03. The fraction of sp³-hybridized carbons (Fsp3) is 0.476. The number of allylic oxidation sites excluding steroid dienone is 1. The smallest absolute Gasteiger partial charge is 0.251 e. The molecule has 2 fully saturated rings. The monoisotopic (exact) mass is 384 g/mol. The summed E-state index contributed by atoms with van der Waals surface area (Å²) >= 11 is 5.91. The summed E-state index contributed by atoms with van der Waals surface area (Å²) in [7, 11) is 0. The van der Waals surface area contributed by atoms with Gasteiger partial charge >= 0.3 is 0 Å². The zero-order valence-electron chi connectivity index (χ0n) is 15.7. The standard InChI is InChI=1S/C21H25ClN4O/c1-4-18(23-21(27)13-5-7-14(22)8-6-13)20-16-9-15(10-17(16)20)26-11-19(12(2)3)24-25-26/h5-8,11,15-18,20H,2,4,9-10H2,1,3H3,(H,23,27)/t15?,16-,17?,18?,20?/m0/s1. The molecule has 1 aromatic carbocycles. The van der Waals surface area contributed by atoms with E-state index >= 15 is 0 Å². The van der Waals surface area contributed by atoms with Crippen molar-refractivity contribution in [2.45, 2.75) is 45.2 Å². The summed E-state index contributed by atoms with van der Waals surface area (Å²) in [6, 6.07) is 7.71. The second kappa shape index (κ2) is 7.12. The van der Waals surface area contributed by atoms with Crippen molar-refractivity contribution < 1.29 is 4.79 Å². The maximum atomic E-state index is 12.5. The number of amides is 1. The Morgan fingerprint density at radius 1 is 1.33 bits per heavy atom. The second-order valence-corrected chi connectivity index (χ2v) is 8.33. The number of fused-ring (bicyclic) bond motifs is 1. The minimum Gasteiger partial charge on any atom is -0.349 e. The van der Waals surface area contributed by atoms with Gasteiger partial charge in [0.05, 0.1) is 12.2 Å². The van der Waals surface area contributed by atoms with Crippen molar-refractivity contribution in [1.29, 1.82) is 0 Å². The average molecular weight is 385 g/mol. The highest BCUT2D eigenvalue weighted by Crippen LogP contribution is 2.62. The van der Waals surface area contributed by atoms with Crippen LogP contribution in [0.4, 0.5) is 0 Å². The highest BCUT2D eigenvalue weighted by Gasteiger charge is 2.59. The van der Waals surface area contributed by atoms with Gasteiger partial charge in [-0.25, -0.2) is 4.68 Å². The van der Waals surface area contributed by atoms with E-state index in [0.29, 0.717) is 34.4 Å². The number of nitrogens with zero attached hydrogens (tertiary/aromatic N) is 3. The van der Waals surface area contributed by atoms with Gasteiger partial charge in [-0.1, -0.05) is 30.3 Å². The number of benzene rings is 1. The van der Waals surface area contributed by atoms with E-state index in [1.165, 1.54) is 0 Å². The molecule has 1 N–H and O–H groups in total. The number of halogens is 1. The first-order chi connectivity index (χ1) is 13.0. The highest BCUT2D eigenvalue weighted by molar-refractivity contribution is 6.30. The fourth-order valence-electron chi connectivity index (χ4n) is 4.65. The van der Waals surface area contributed by atoms with Crippen LogP contribution in [0.5, 0.6) is 0 Å². The third kappa shape index (κ3) is 3.53. The maximum Gasteiger partial charge on any atom is 0.251 e. The van der Waals surface area contributed by atoms with E-state index in [2.05, 4.69) is 29.1 Å². The first kappa shape index (κ1) is 18.2. The van der Waals surface area contributed by atoms with E-state index in [0.717, 1.165) is 30.5 Å². The zero-order valence-corrected chi connectivity index (χ0v) is 16.5. The van der Waals surface area contributed by atoms with Gasteiger partial charge in [0.25, 0.3) is 5.91 Å².